The first-order valence-corrected chi connectivity index (χ1v) is 12.7. The number of carbonyl (C=O) groups excluding carboxylic acids is 2. The number of nitrogens with one attached hydrogen (secondary N) is 1. The highest BCUT2D eigenvalue weighted by Gasteiger charge is 2.36. The molecule has 7 heteroatoms. The number of amides is 2. The standard InChI is InChI=1S/C30H32N4O3/c1-31-30(36)24-10-8-21(9-11-24)19-33(25-14-15-25)20-29(35)34-28(23-12-16-26(37-2)17-13-23)18-27(32-34)22-6-4-3-5-7-22/h3-13,16-17,25,28H,14-15,18-20H2,1-2H3,(H,31,36). The number of rotatable bonds is 9. The van der Waals surface area contributed by atoms with Gasteiger partial charge in [-0.15, -0.1) is 0 Å². The van der Waals surface area contributed by atoms with E-state index in [2.05, 4.69) is 10.2 Å². The van der Waals surface area contributed by atoms with E-state index < -0.39 is 0 Å². The summed E-state index contributed by atoms with van der Waals surface area (Å²) in [5, 5.41) is 9.16. The van der Waals surface area contributed by atoms with Crippen LogP contribution in [0.3, 0.4) is 0 Å². The first kappa shape index (κ1) is 24.7. The molecule has 1 fully saturated rings. The molecular formula is C30H32N4O3. The normalized spacial score (nSPS) is 17.0. The molecule has 3 aromatic rings. The molecule has 1 N–H and O–H groups in total. The Bertz CT molecular complexity index is 1270. The van der Waals surface area contributed by atoms with Crippen molar-refractivity contribution in [3.05, 3.63) is 101 Å². The molecule has 1 atom stereocenters. The average molecular weight is 497 g/mol. The third-order valence-electron chi connectivity index (χ3n) is 7.00. The maximum absolute atomic E-state index is 13.7. The second kappa shape index (κ2) is 11.0. The van der Waals surface area contributed by atoms with E-state index in [1.165, 1.54) is 0 Å². The molecule has 0 spiro atoms. The topological polar surface area (TPSA) is 74.2 Å². The molecule has 37 heavy (non-hydrogen) atoms. The number of benzene rings is 3. The lowest BCUT2D eigenvalue weighted by atomic mass is 9.98. The molecular weight excluding hydrogens is 464 g/mol. The molecule has 1 saturated carbocycles. The quantitative estimate of drug-likeness (QED) is 0.477. The lowest BCUT2D eigenvalue weighted by molar-refractivity contribution is -0.134. The summed E-state index contributed by atoms with van der Waals surface area (Å²) in [6, 6.07) is 25.8. The van der Waals surface area contributed by atoms with Crippen LogP contribution in [0.2, 0.25) is 0 Å². The van der Waals surface area contributed by atoms with Gasteiger partial charge < -0.3 is 10.1 Å². The van der Waals surface area contributed by atoms with Crippen molar-refractivity contribution in [1.82, 2.24) is 15.2 Å². The summed E-state index contributed by atoms with van der Waals surface area (Å²) in [5.41, 5.74) is 4.69. The van der Waals surface area contributed by atoms with E-state index in [0.29, 0.717) is 31.1 Å². The Hall–Kier alpha value is -3.97. The van der Waals surface area contributed by atoms with Gasteiger partial charge in [-0.25, -0.2) is 5.01 Å². The highest BCUT2D eigenvalue weighted by molar-refractivity contribution is 6.03. The molecule has 1 aliphatic heterocycles. The van der Waals surface area contributed by atoms with Gasteiger partial charge in [-0.2, -0.15) is 5.10 Å². The predicted octanol–water partition coefficient (Wildman–Crippen LogP) is 4.40. The Labute approximate surface area is 217 Å². The van der Waals surface area contributed by atoms with Gasteiger partial charge in [0.1, 0.15) is 5.75 Å². The fourth-order valence-electron chi connectivity index (χ4n) is 4.77. The van der Waals surface area contributed by atoms with Gasteiger partial charge >= 0.3 is 0 Å². The van der Waals surface area contributed by atoms with Crippen molar-refractivity contribution in [3.8, 4) is 5.75 Å². The lowest BCUT2D eigenvalue weighted by Gasteiger charge is -2.27. The van der Waals surface area contributed by atoms with Gasteiger partial charge in [0.05, 0.1) is 25.4 Å². The molecule has 1 unspecified atom stereocenters. The minimum atomic E-state index is -0.165. The van der Waals surface area contributed by atoms with Gasteiger partial charge in [0.15, 0.2) is 0 Å². The number of hydrazone groups is 1. The third kappa shape index (κ3) is 5.73. The molecule has 5 rings (SSSR count). The predicted molar refractivity (Wildman–Crippen MR) is 143 cm³/mol. The van der Waals surface area contributed by atoms with Crippen LogP contribution in [-0.4, -0.2) is 54.2 Å². The number of nitrogens with zero attached hydrogens (tertiary/aromatic N) is 3. The first-order chi connectivity index (χ1) is 18.1. The molecule has 190 valence electrons. The molecule has 0 bridgehead atoms. The van der Waals surface area contributed by atoms with Crippen LogP contribution in [0.1, 0.15) is 52.4 Å². The van der Waals surface area contributed by atoms with Crippen LogP contribution in [0, 0.1) is 0 Å². The number of ether oxygens (including phenoxy) is 1. The maximum Gasteiger partial charge on any atom is 0.257 e. The minimum Gasteiger partial charge on any atom is -0.497 e. The van der Waals surface area contributed by atoms with E-state index >= 15 is 0 Å². The van der Waals surface area contributed by atoms with Crippen molar-refractivity contribution in [2.75, 3.05) is 20.7 Å². The highest BCUT2D eigenvalue weighted by Crippen LogP contribution is 2.35. The third-order valence-corrected chi connectivity index (χ3v) is 7.00. The number of carbonyl (C=O) groups is 2. The second-order valence-electron chi connectivity index (χ2n) is 9.56. The zero-order chi connectivity index (χ0) is 25.8. The van der Waals surface area contributed by atoms with Crippen molar-refractivity contribution in [1.29, 1.82) is 0 Å². The average Bonchev–Trinajstić information content (AvgIpc) is 3.70. The fraction of sp³-hybridized carbons (Fsp3) is 0.300. The summed E-state index contributed by atoms with van der Waals surface area (Å²) in [4.78, 5) is 27.9. The van der Waals surface area contributed by atoms with E-state index in [0.717, 1.165) is 41.0 Å². The van der Waals surface area contributed by atoms with Crippen LogP contribution in [-0.2, 0) is 11.3 Å². The maximum atomic E-state index is 13.7. The monoisotopic (exact) mass is 496 g/mol. The summed E-state index contributed by atoms with van der Waals surface area (Å²) >= 11 is 0. The van der Waals surface area contributed by atoms with E-state index in [-0.39, 0.29) is 17.9 Å². The van der Waals surface area contributed by atoms with Crippen molar-refractivity contribution < 1.29 is 14.3 Å². The molecule has 0 radical (unpaired) electrons. The molecule has 0 aromatic heterocycles. The fourth-order valence-corrected chi connectivity index (χ4v) is 4.77. The number of hydrogen-bond acceptors (Lipinski definition) is 5. The molecule has 2 amide bonds. The zero-order valence-corrected chi connectivity index (χ0v) is 21.3. The molecule has 2 aliphatic rings. The van der Waals surface area contributed by atoms with Gasteiger partial charge in [0.2, 0.25) is 0 Å². The number of hydrogen-bond donors (Lipinski definition) is 1. The Kier molecular flexibility index (Phi) is 7.32. The van der Waals surface area contributed by atoms with Crippen molar-refractivity contribution in [2.24, 2.45) is 5.10 Å². The van der Waals surface area contributed by atoms with Crippen LogP contribution in [0.25, 0.3) is 0 Å². The Morgan fingerprint density at radius 1 is 1.00 bits per heavy atom. The summed E-state index contributed by atoms with van der Waals surface area (Å²) in [6.07, 6.45) is 2.83. The van der Waals surface area contributed by atoms with Gasteiger partial charge in [0.25, 0.3) is 11.8 Å². The molecule has 1 aliphatic carbocycles. The van der Waals surface area contributed by atoms with Crippen LogP contribution in [0.4, 0.5) is 0 Å². The van der Waals surface area contributed by atoms with Crippen LogP contribution in [0.15, 0.2) is 84.0 Å². The molecule has 3 aromatic carbocycles. The minimum absolute atomic E-state index is 0.0133. The first-order valence-electron chi connectivity index (χ1n) is 12.7. The Morgan fingerprint density at radius 3 is 2.32 bits per heavy atom. The summed E-state index contributed by atoms with van der Waals surface area (Å²) in [7, 11) is 3.27. The van der Waals surface area contributed by atoms with Crippen LogP contribution < -0.4 is 10.1 Å². The Morgan fingerprint density at radius 2 is 1.70 bits per heavy atom. The van der Waals surface area contributed by atoms with Gasteiger partial charge in [-0.05, 0) is 53.8 Å². The van der Waals surface area contributed by atoms with Crippen molar-refractivity contribution in [2.45, 2.75) is 37.9 Å². The Balaban J connectivity index is 1.36. The smallest absolute Gasteiger partial charge is 0.257 e. The van der Waals surface area contributed by atoms with E-state index in [9.17, 15) is 9.59 Å². The van der Waals surface area contributed by atoms with Crippen LogP contribution in [0.5, 0.6) is 5.75 Å². The largest absolute Gasteiger partial charge is 0.497 e. The summed E-state index contributed by atoms with van der Waals surface area (Å²) < 4.78 is 5.33. The molecule has 7 nitrogen and oxygen atoms in total. The number of methoxy groups -OCH3 is 1. The summed E-state index contributed by atoms with van der Waals surface area (Å²) in [5.74, 6) is 0.665. The molecule has 1 heterocycles. The summed E-state index contributed by atoms with van der Waals surface area (Å²) in [6.45, 7) is 0.945. The van der Waals surface area contributed by atoms with Crippen molar-refractivity contribution >= 4 is 17.5 Å². The SMILES string of the molecule is CNC(=O)c1ccc(CN(CC(=O)N2N=C(c3ccccc3)CC2c2ccc(OC)cc2)C2CC2)cc1. The zero-order valence-electron chi connectivity index (χ0n) is 21.3. The highest BCUT2D eigenvalue weighted by atomic mass is 16.5. The van der Waals surface area contributed by atoms with E-state index in [1.807, 2.05) is 78.9 Å². The van der Waals surface area contributed by atoms with Gasteiger partial charge in [0, 0.05) is 31.6 Å². The van der Waals surface area contributed by atoms with Crippen molar-refractivity contribution in [3.63, 3.8) is 0 Å². The van der Waals surface area contributed by atoms with E-state index in [1.54, 1.807) is 19.2 Å². The molecule has 0 saturated heterocycles. The lowest BCUT2D eigenvalue weighted by Crippen LogP contribution is -2.39. The van der Waals surface area contributed by atoms with E-state index in [4.69, 9.17) is 9.84 Å². The van der Waals surface area contributed by atoms with Gasteiger partial charge in [-0.1, -0.05) is 54.6 Å². The van der Waals surface area contributed by atoms with Crippen LogP contribution >= 0.6 is 0 Å². The van der Waals surface area contributed by atoms with Gasteiger partial charge in [-0.3, -0.25) is 14.5 Å². The second-order valence-corrected chi connectivity index (χ2v) is 9.56.